The predicted molar refractivity (Wildman–Crippen MR) is 104 cm³/mol. The number of ether oxygens (including phenoxy) is 2. The van der Waals surface area contributed by atoms with E-state index < -0.39 is 87.3 Å². The molecule has 0 spiro atoms. The standard InChI is InChI=1S/C20H15F7N2O6S/c21-14-6-13(2-3-15(14)35-20(25,26)27)34-17-8-29(9-18(17,31)10-30)36(32,33)16-4-1-12(19(22,23)24)5-11(16)7-28/h1-6,17,30-31H,8-10H2/t17-,18+/m0/s1. The van der Waals surface area contributed by atoms with Gasteiger partial charge in [-0.15, -0.1) is 13.2 Å². The molecule has 1 aliphatic rings. The normalized spacial score (nSPS) is 21.3. The molecular formula is C20H15F7N2O6S. The molecule has 1 heterocycles. The van der Waals surface area contributed by atoms with Crippen molar-refractivity contribution < 1.29 is 58.8 Å². The van der Waals surface area contributed by atoms with E-state index in [0.29, 0.717) is 34.6 Å². The van der Waals surface area contributed by atoms with Crippen LogP contribution in [0.15, 0.2) is 41.3 Å². The van der Waals surface area contributed by atoms with E-state index >= 15 is 0 Å². The first-order chi connectivity index (χ1) is 16.5. The van der Waals surface area contributed by atoms with Gasteiger partial charge in [0.1, 0.15) is 23.5 Å². The number of β-amino-alcohol motifs (C(OH)–C–C–N with tert-alkyl or cyclic N) is 1. The van der Waals surface area contributed by atoms with Crippen LogP contribution in [0.4, 0.5) is 30.7 Å². The van der Waals surface area contributed by atoms with Gasteiger partial charge in [0.05, 0.1) is 29.2 Å². The van der Waals surface area contributed by atoms with Crippen molar-refractivity contribution in [3.63, 3.8) is 0 Å². The topological polar surface area (TPSA) is 120 Å². The molecule has 2 N–H and O–H groups in total. The highest BCUT2D eigenvalue weighted by atomic mass is 32.2. The van der Waals surface area contributed by atoms with Gasteiger partial charge in [-0.05, 0) is 30.3 Å². The van der Waals surface area contributed by atoms with Crippen LogP contribution in [0.5, 0.6) is 11.5 Å². The Labute approximate surface area is 198 Å². The zero-order chi connectivity index (χ0) is 27.1. The van der Waals surface area contributed by atoms with E-state index in [2.05, 4.69) is 4.74 Å². The molecule has 0 bridgehead atoms. The molecule has 36 heavy (non-hydrogen) atoms. The van der Waals surface area contributed by atoms with Crippen LogP contribution >= 0.6 is 0 Å². The number of nitrogens with zero attached hydrogens (tertiary/aromatic N) is 2. The van der Waals surface area contributed by atoms with Gasteiger partial charge in [-0.1, -0.05) is 0 Å². The first-order valence-corrected chi connectivity index (χ1v) is 11.1. The van der Waals surface area contributed by atoms with Gasteiger partial charge in [0.2, 0.25) is 10.0 Å². The van der Waals surface area contributed by atoms with Gasteiger partial charge in [0.15, 0.2) is 11.6 Å². The Kier molecular flexibility index (Phi) is 7.16. The number of hydrogen-bond acceptors (Lipinski definition) is 7. The molecule has 0 amide bonds. The second-order valence-electron chi connectivity index (χ2n) is 7.63. The average molecular weight is 544 g/mol. The van der Waals surface area contributed by atoms with Crippen LogP contribution in [0.25, 0.3) is 0 Å². The summed E-state index contributed by atoms with van der Waals surface area (Å²) in [4.78, 5) is -0.807. The monoisotopic (exact) mass is 544 g/mol. The van der Waals surface area contributed by atoms with E-state index in [9.17, 15) is 54.6 Å². The third kappa shape index (κ3) is 5.64. The fourth-order valence-corrected chi connectivity index (χ4v) is 5.02. The smallest absolute Gasteiger partial charge is 0.486 e. The molecule has 196 valence electrons. The summed E-state index contributed by atoms with van der Waals surface area (Å²) in [6.45, 7) is -2.63. The number of alkyl halides is 6. The maximum Gasteiger partial charge on any atom is 0.573 e. The number of benzene rings is 2. The second kappa shape index (κ2) is 9.39. The number of sulfonamides is 1. The molecule has 0 unspecified atom stereocenters. The summed E-state index contributed by atoms with van der Waals surface area (Å²) in [5.74, 6) is -3.14. The summed E-state index contributed by atoms with van der Waals surface area (Å²) in [6, 6.07) is 4.60. The minimum Gasteiger partial charge on any atom is -0.486 e. The van der Waals surface area contributed by atoms with E-state index in [1.165, 1.54) is 6.07 Å². The highest BCUT2D eigenvalue weighted by Gasteiger charge is 2.51. The maximum absolute atomic E-state index is 14.0. The van der Waals surface area contributed by atoms with Gasteiger partial charge in [0.25, 0.3) is 0 Å². The molecule has 2 atom stereocenters. The van der Waals surface area contributed by atoms with Crippen LogP contribution < -0.4 is 9.47 Å². The van der Waals surface area contributed by atoms with Crippen molar-refractivity contribution in [3.8, 4) is 17.6 Å². The van der Waals surface area contributed by atoms with Crippen molar-refractivity contribution in [3.05, 3.63) is 53.3 Å². The first kappa shape index (κ1) is 27.5. The highest BCUT2D eigenvalue weighted by Crippen LogP contribution is 2.36. The minimum absolute atomic E-state index is 0.336. The van der Waals surface area contributed by atoms with Crippen molar-refractivity contribution in [1.82, 2.24) is 4.31 Å². The van der Waals surface area contributed by atoms with Crippen LogP contribution in [-0.2, 0) is 16.2 Å². The minimum atomic E-state index is -5.18. The van der Waals surface area contributed by atoms with E-state index in [1.54, 1.807) is 0 Å². The number of aliphatic hydroxyl groups excluding tert-OH is 1. The number of hydrogen-bond donors (Lipinski definition) is 2. The summed E-state index contributed by atoms with van der Waals surface area (Å²) in [6.07, 6.45) is -11.6. The molecule has 2 aromatic rings. The fraction of sp³-hybridized carbons (Fsp3) is 0.350. The molecule has 8 nitrogen and oxygen atoms in total. The number of aliphatic hydroxyl groups is 2. The second-order valence-corrected chi connectivity index (χ2v) is 9.53. The molecule has 0 aromatic heterocycles. The van der Waals surface area contributed by atoms with Crippen molar-refractivity contribution in [2.75, 3.05) is 19.7 Å². The lowest BCUT2D eigenvalue weighted by atomic mass is 10.0. The zero-order valence-electron chi connectivity index (χ0n) is 17.6. The van der Waals surface area contributed by atoms with E-state index in [-0.39, 0.29) is 0 Å². The Morgan fingerprint density at radius 3 is 2.33 bits per heavy atom. The summed E-state index contributed by atoms with van der Waals surface area (Å²) < 4.78 is 125. The van der Waals surface area contributed by atoms with Crippen LogP contribution in [0.2, 0.25) is 0 Å². The molecule has 0 radical (unpaired) electrons. The quantitative estimate of drug-likeness (QED) is 0.537. The van der Waals surface area contributed by atoms with Gasteiger partial charge in [-0.3, -0.25) is 0 Å². The van der Waals surface area contributed by atoms with Crippen molar-refractivity contribution in [2.24, 2.45) is 0 Å². The Bertz CT molecular complexity index is 1290. The molecule has 1 saturated heterocycles. The van der Waals surface area contributed by atoms with Gasteiger partial charge < -0.3 is 19.7 Å². The molecule has 2 aromatic carbocycles. The third-order valence-electron chi connectivity index (χ3n) is 5.15. The molecule has 0 aliphatic carbocycles. The Hall–Kier alpha value is -3.13. The van der Waals surface area contributed by atoms with Crippen molar-refractivity contribution >= 4 is 10.0 Å². The Balaban J connectivity index is 1.89. The van der Waals surface area contributed by atoms with E-state index in [0.717, 1.165) is 6.07 Å². The van der Waals surface area contributed by atoms with E-state index in [1.807, 2.05) is 0 Å². The largest absolute Gasteiger partial charge is 0.573 e. The third-order valence-corrected chi connectivity index (χ3v) is 7.02. The van der Waals surface area contributed by atoms with Crippen LogP contribution in [-0.4, -0.2) is 60.7 Å². The molecular weight excluding hydrogens is 529 g/mol. The first-order valence-electron chi connectivity index (χ1n) is 9.67. The lowest BCUT2D eigenvalue weighted by molar-refractivity contribution is -0.275. The SMILES string of the molecule is N#Cc1cc(C(F)(F)F)ccc1S(=O)(=O)N1C[C@H](Oc2ccc(OC(F)(F)F)c(F)c2)[C@](O)(CO)C1. The number of rotatable bonds is 6. The average Bonchev–Trinajstić information content (AvgIpc) is 3.11. The fourth-order valence-electron chi connectivity index (χ4n) is 3.39. The molecule has 16 heteroatoms. The van der Waals surface area contributed by atoms with Crippen LogP contribution in [0.1, 0.15) is 11.1 Å². The van der Waals surface area contributed by atoms with Gasteiger partial charge >= 0.3 is 12.5 Å². The van der Waals surface area contributed by atoms with Crippen LogP contribution in [0, 0.1) is 17.1 Å². The Morgan fingerprint density at radius 1 is 1.14 bits per heavy atom. The number of nitriles is 1. The summed E-state index contributed by atoms with van der Waals surface area (Å²) in [5, 5.41) is 29.5. The van der Waals surface area contributed by atoms with Gasteiger partial charge in [-0.25, -0.2) is 12.8 Å². The van der Waals surface area contributed by atoms with E-state index in [4.69, 9.17) is 4.74 Å². The summed E-state index contributed by atoms with van der Waals surface area (Å²) in [7, 11) is -4.71. The Morgan fingerprint density at radius 2 is 1.81 bits per heavy atom. The van der Waals surface area contributed by atoms with Gasteiger partial charge in [-0.2, -0.15) is 22.7 Å². The lowest BCUT2D eigenvalue weighted by Gasteiger charge is -2.27. The summed E-state index contributed by atoms with van der Waals surface area (Å²) in [5.41, 5.74) is -4.40. The molecule has 3 rings (SSSR count). The molecule has 1 aliphatic heterocycles. The molecule has 1 fully saturated rings. The molecule has 0 saturated carbocycles. The van der Waals surface area contributed by atoms with Crippen molar-refractivity contribution in [1.29, 1.82) is 5.26 Å². The zero-order valence-corrected chi connectivity index (χ0v) is 18.5. The lowest BCUT2D eigenvalue weighted by Crippen LogP contribution is -2.48. The van der Waals surface area contributed by atoms with Crippen molar-refractivity contribution in [2.45, 2.75) is 29.1 Å². The van der Waals surface area contributed by atoms with Gasteiger partial charge in [0, 0.05) is 12.6 Å². The predicted octanol–water partition coefficient (Wildman–Crippen LogP) is 2.79. The maximum atomic E-state index is 14.0. The van der Waals surface area contributed by atoms with Crippen LogP contribution in [0.3, 0.4) is 0 Å². The number of halogens is 7. The summed E-state index contributed by atoms with van der Waals surface area (Å²) >= 11 is 0. The highest BCUT2D eigenvalue weighted by molar-refractivity contribution is 7.89.